The zero-order valence-electron chi connectivity index (χ0n) is 61.7. The number of rotatable bonds is 32. The van der Waals surface area contributed by atoms with Crippen molar-refractivity contribution in [3.63, 3.8) is 0 Å². The van der Waals surface area contributed by atoms with Gasteiger partial charge in [-0.2, -0.15) is 34.4 Å². The van der Waals surface area contributed by atoms with E-state index in [-0.39, 0.29) is 127 Å². The van der Waals surface area contributed by atoms with E-state index in [1.807, 2.05) is 0 Å². The first-order valence-corrected chi connectivity index (χ1v) is 46.6. The molecule has 0 saturated heterocycles. The first-order chi connectivity index (χ1) is 49.9. The van der Waals surface area contributed by atoms with Gasteiger partial charge in [-0.1, -0.05) is 111 Å². The summed E-state index contributed by atoms with van der Waals surface area (Å²) in [7, 11) is -38.4. The standard InChI is InChI=1S/C64H88N16O16S8.O.V/c1-17-73(18-2)97(81,82)41-33-45-53(49(37-41)101(89,90)77(25-9)26-10)61-67-57(45)65-58-46-34-42(98(83,84)74(19-3)20-4)38-50(102(91,92)78(27-11)28-12)54(46)63(68-58)72-64-56-48(36-44(100(87,88)76(23-7)24-8)40-52(56)104(95,96)80(31-15)32-16)60(70-64)66-59-47-35-43(99(85,86)75(21-5)22-6)39-51(55(47)62(69-59)71-61)103(93,94)79(29-13)30-14;;/h33-40H,17-32H2,1-16H3;;/q-2;;+2. The second kappa shape index (κ2) is 32.8. The van der Waals surface area contributed by atoms with Crippen molar-refractivity contribution in [2.24, 2.45) is 0 Å². The molecule has 0 unspecified atom stereocenters. The molecule has 9 rings (SSSR count). The summed E-state index contributed by atoms with van der Waals surface area (Å²) in [5.74, 6) is -2.50. The Morgan fingerprint density at radius 1 is 0.255 bits per heavy atom. The molecular weight excluding hydrogens is 1570 g/mol. The van der Waals surface area contributed by atoms with Crippen molar-refractivity contribution >= 4 is 124 Å². The average Bonchev–Trinajstić information content (AvgIpc) is 1.56. The Kier molecular flexibility index (Phi) is 26.5. The third-order valence-corrected chi connectivity index (χ3v) is 34.9. The van der Waals surface area contributed by atoms with Crippen molar-refractivity contribution in [1.82, 2.24) is 74.3 Å². The molecule has 4 aromatic carbocycles. The van der Waals surface area contributed by atoms with Crippen LogP contribution in [0, 0.1) is 0 Å². The van der Waals surface area contributed by atoms with Gasteiger partial charge >= 0.3 is 21.0 Å². The van der Waals surface area contributed by atoms with Crippen LogP contribution < -0.4 is 9.97 Å². The summed E-state index contributed by atoms with van der Waals surface area (Å²) in [6.45, 7) is 22.5. The summed E-state index contributed by atoms with van der Waals surface area (Å²) in [5.41, 5.74) is -4.17. The van der Waals surface area contributed by atoms with Gasteiger partial charge in [-0.25, -0.2) is 77.3 Å². The molecule has 33 nitrogen and oxygen atoms in total. The topological polar surface area (TPSA) is 422 Å². The number of fused-ring (bicyclic) bond motifs is 20. The van der Waals surface area contributed by atoms with E-state index in [0.717, 1.165) is 100 Å². The zero-order chi connectivity index (χ0) is 79.1. The van der Waals surface area contributed by atoms with Gasteiger partial charge in [0.25, 0.3) is 0 Å². The SMILES string of the molecule is CCN(CC)S(=O)(=O)c1cc2c(c(S(=O)(=O)N(CC)CC)c1)-c1nc-2nc2[n-]c(nc3nc(nc4[n-]c(n1)c1c(S(=O)(=O)N(CC)CC)cc(S(=O)(=O)N(CC)CC)cc41)-c1cc(S(=O)(=O)N(CC)CC)cc(S(=O)(=O)N(CC)CC)c1-3)c1c(S(=O)(=O)N(CC)CC)cc(S(=O)(=O)N(CC)CC)cc21.[O]=[V+2]. The van der Waals surface area contributed by atoms with Crippen LogP contribution in [0.4, 0.5) is 0 Å². The minimum atomic E-state index is -4.92. The van der Waals surface area contributed by atoms with E-state index >= 15 is 67.3 Å². The summed E-state index contributed by atoms with van der Waals surface area (Å²) in [5, 5.41) is -1.67. The number of nitrogens with zero attached hydrogens (tertiary/aromatic N) is 16. The fraction of sp³-hybridized carbons (Fsp3) is 0.500. The monoisotopic (exact) mass is 1660 g/mol. The Bertz CT molecular complexity index is 5370. The van der Waals surface area contributed by atoms with Crippen LogP contribution in [0.2, 0.25) is 0 Å². The van der Waals surface area contributed by atoms with E-state index in [0.29, 0.717) is 0 Å². The van der Waals surface area contributed by atoms with Gasteiger partial charge in [0, 0.05) is 160 Å². The summed E-state index contributed by atoms with van der Waals surface area (Å²) < 4.78 is 262. The van der Waals surface area contributed by atoms with Crippen LogP contribution in [0.3, 0.4) is 0 Å². The Balaban J connectivity index is 0.00000703. The van der Waals surface area contributed by atoms with Gasteiger partial charge in [0.1, 0.15) is 0 Å². The van der Waals surface area contributed by atoms with Crippen molar-refractivity contribution in [2.45, 2.75) is 150 Å². The van der Waals surface area contributed by atoms with Crippen molar-refractivity contribution in [3.05, 3.63) is 48.5 Å². The van der Waals surface area contributed by atoms with Crippen molar-refractivity contribution in [2.75, 3.05) is 105 Å². The normalized spacial score (nSPS) is 13.6. The Labute approximate surface area is 630 Å². The maximum atomic E-state index is 15.6. The molecule has 0 N–H and O–H groups in total. The van der Waals surface area contributed by atoms with Crippen molar-refractivity contribution in [1.29, 1.82) is 0 Å². The first kappa shape index (κ1) is 85.5. The van der Waals surface area contributed by atoms with Gasteiger partial charge < -0.3 is 29.9 Å². The molecule has 5 heterocycles. The van der Waals surface area contributed by atoms with Crippen LogP contribution in [0.15, 0.2) is 87.7 Å². The third-order valence-electron chi connectivity index (χ3n) is 18.5. The zero-order valence-corrected chi connectivity index (χ0v) is 69.7. The molecule has 106 heavy (non-hydrogen) atoms. The Hall–Kier alpha value is -6.10. The summed E-state index contributed by atoms with van der Waals surface area (Å²) in [6, 6.07) is 8.00. The quantitative estimate of drug-likeness (QED) is 0.0449. The average molecular weight is 1660 g/mol. The minimum absolute atomic E-state index is 0.104. The molecule has 2 aliphatic heterocycles. The summed E-state index contributed by atoms with van der Waals surface area (Å²) in [4.78, 5) is 34.0. The Morgan fingerprint density at radius 3 is 0.689 bits per heavy atom. The molecule has 8 bridgehead atoms. The van der Waals surface area contributed by atoms with E-state index in [1.54, 1.807) is 55.4 Å². The molecule has 0 saturated carbocycles. The van der Waals surface area contributed by atoms with Crippen LogP contribution in [-0.4, -0.2) is 236 Å². The fourth-order valence-electron chi connectivity index (χ4n) is 13.0. The van der Waals surface area contributed by atoms with E-state index in [2.05, 4.69) is 0 Å². The van der Waals surface area contributed by atoms with E-state index in [9.17, 15) is 0 Å². The van der Waals surface area contributed by atoms with E-state index < -0.39 is 187 Å². The summed E-state index contributed by atoms with van der Waals surface area (Å²) >= 11 is 1.06. The van der Waals surface area contributed by atoms with Crippen LogP contribution in [0.25, 0.3) is 89.7 Å². The molecule has 7 aromatic rings. The molecule has 0 spiro atoms. The van der Waals surface area contributed by atoms with Gasteiger partial charge in [-0.15, -0.1) is 0 Å². The molecule has 2 aliphatic rings. The second-order valence-corrected chi connectivity index (χ2v) is 39.0. The second-order valence-electron chi connectivity index (χ2n) is 23.6. The van der Waals surface area contributed by atoms with Gasteiger partial charge in [0.05, 0.1) is 62.5 Å². The number of hydrogen-bond donors (Lipinski definition) is 0. The molecule has 0 fully saturated rings. The first-order valence-electron chi connectivity index (χ1n) is 34.5. The molecule has 0 amide bonds. The van der Waals surface area contributed by atoms with Gasteiger partial charge in [0.15, 0.2) is 0 Å². The number of aromatic nitrogens is 8. The van der Waals surface area contributed by atoms with Crippen molar-refractivity contribution in [3.8, 4) is 45.6 Å². The molecular formula is C64H88N16O17S8V. The number of sulfonamides is 8. The molecule has 579 valence electrons. The summed E-state index contributed by atoms with van der Waals surface area (Å²) in [6.07, 6.45) is 0. The van der Waals surface area contributed by atoms with Gasteiger partial charge in [0.2, 0.25) is 80.2 Å². The fourth-order valence-corrected chi connectivity index (χ4v) is 26.1. The van der Waals surface area contributed by atoms with Gasteiger partial charge in [-0.3, -0.25) is 0 Å². The van der Waals surface area contributed by atoms with Gasteiger partial charge in [-0.05, 0) is 59.3 Å². The predicted molar refractivity (Wildman–Crippen MR) is 396 cm³/mol. The molecule has 0 atom stereocenters. The van der Waals surface area contributed by atoms with Crippen LogP contribution in [0.5, 0.6) is 0 Å². The van der Waals surface area contributed by atoms with Crippen LogP contribution in [0.1, 0.15) is 111 Å². The molecule has 0 aliphatic carbocycles. The molecule has 0 radical (unpaired) electrons. The predicted octanol–water partition coefficient (Wildman–Crippen LogP) is 6.25. The van der Waals surface area contributed by atoms with Crippen LogP contribution >= 0.6 is 0 Å². The number of benzene rings is 4. The molecule has 42 heteroatoms. The molecule has 3 aromatic heterocycles. The van der Waals surface area contributed by atoms with E-state index in [1.165, 1.54) is 55.4 Å². The maximum absolute atomic E-state index is 15.6. The Morgan fingerprint density at radius 2 is 0.453 bits per heavy atom. The van der Waals surface area contributed by atoms with E-state index in [4.69, 9.17) is 43.5 Å². The van der Waals surface area contributed by atoms with Crippen LogP contribution in [-0.2, 0) is 101 Å². The third kappa shape index (κ3) is 14.7. The van der Waals surface area contributed by atoms with Crippen molar-refractivity contribution < 1.29 is 88.4 Å². The number of hydrogen-bond acceptors (Lipinski definition) is 23.